The zero-order valence-electron chi connectivity index (χ0n) is 9.86. The Morgan fingerprint density at radius 1 is 1.24 bits per heavy atom. The standard InChI is InChI=1S/C15H15NS/c1-10-8-14(11-6-7-11)12-4-2-3-5-13(12)15(10)16-9-17/h2-5,8-9,11H,6-7H2,1H3,(H,16,17). The van der Waals surface area contributed by atoms with Crippen molar-refractivity contribution in [2.24, 2.45) is 0 Å². The lowest BCUT2D eigenvalue weighted by molar-refractivity contribution is 1.14. The molecule has 1 saturated carbocycles. The summed E-state index contributed by atoms with van der Waals surface area (Å²) in [7, 11) is 0. The van der Waals surface area contributed by atoms with Crippen LogP contribution in [0.15, 0.2) is 30.3 Å². The Bertz CT molecular complexity index is 585. The summed E-state index contributed by atoms with van der Waals surface area (Å²) in [6.07, 6.45) is 2.67. The molecule has 1 aliphatic rings. The third kappa shape index (κ3) is 1.83. The zero-order valence-corrected chi connectivity index (χ0v) is 10.7. The van der Waals surface area contributed by atoms with Crippen molar-refractivity contribution >= 4 is 34.2 Å². The maximum Gasteiger partial charge on any atom is 0.0659 e. The zero-order chi connectivity index (χ0) is 11.8. The van der Waals surface area contributed by atoms with Crippen molar-refractivity contribution in [3.63, 3.8) is 0 Å². The van der Waals surface area contributed by atoms with Gasteiger partial charge in [-0.05, 0) is 42.2 Å². The lowest BCUT2D eigenvalue weighted by Gasteiger charge is -2.13. The van der Waals surface area contributed by atoms with Crippen LogP contribution in [0.3, 0.4) is 0 Å². The molecule has 1 N–H and O–H groups in total. The van der Waals surface area contributed by atoms with Gasteiger partial charge in [0.2, 0.25) is 0 Å². The first-order valence-electron chi connectivity index (χ1n) is 6.03. The summed E-state index contributed by atoms with van der Waals surface area (Å²) in [5.74, 6) is 0.778. The van der Waals surface area contributed by atoms with Crippen molar-refractivity contribution in [1.82, 2.24) is 0 Å². The van der Waals surface area contributed by atoms with E-state index in [1.165, 1.54) is 34.7 Å². The van der Waals surface area contributed by atoms with Crippen molar-refractivity contribution in [2.75, 3.05) is 5.32 Å². The van der Waals surface area contributed by atoms with Gasteiger partial charge in [0.1, 0.15) is 0 Å². The molecule has 0 aliphatic heterocycles. The van der Waals surface area contributed by atoms with Crippen molar-refractivity contribution in [3.8, 4) is 0 Å². The number of benzene rings is 2. The van der Waals surface area contributed by atoms with Gasteiger partial charge < -0.3 is 5.32 Å². The Kier molecular flexibility index (Phi) is 2.60. The highest BCUT2D eigenvalue weighted by Gasteiger charge is 2.26. The third-order valence-corrected chi connectivity index (χ3v) is 3.61. The number of aryl methyl sites for hydroxylation is 1. The van der Waals surface area contributed by atoms with E-state index >= 15 is 0 Å². The summed E-state index contributed by atoms with van der Waals surface area (Å²) < 4.78 is 0. The molecular formula is C15H15NS. The number of anilines is 1. The van der Waals surface area contributed by atoms with Gasteiger partial charge in [-0.3, -0.25) is 0 Å². The minimum absolute atomic E-state index is 0.778. The number of hydrogen-bond acceptors (Lipinski definition) is 1. The highest BCUT2D eigenvalue weighted by atomic mass is 32.1. The van der Waals surface area contributed by atoms with E-state index in [-0.39, 0.29) is 0 Å². The highest BCUT2D eigenvalue weighted by Crippen LogP contribution is 2.45. The predicted molar refractivity (Wildman–Crippen MR) is 77.9 cm³/mol. The molecule has 2 aromatic carbocycles. The molecule has 0 unspecified atom stereocenters. The average Bonchev–Trinajstić information content (AvgIpc) is 3.16. The maximum absolute atomic E-state index is 4.92. The fraction of sp³-hybridized carbons (Fsp3) is 0.267. The van der Waals surface area contributed by atoms with Crippen LogP contribution in [-0.2, 0) is 0 Å². The van der Waals surface area contributed by atoms with E-state index in [0.717, 1.165) is 11.6 Å². The second-order valence-corrected chi connectivity index (χ2v) is 4.98. The van der Waals surface area contributed by atoms with E-state index in [9.17, 15) is 0 Å². The Hall–Kier alpha value is -1.41. The van der Waals surface area contributed by atoms with Gasteiger partial charge in [-0.2, -0.15) is 0 Å². The minimum Gasteiger partial charge on any atom is -0.352 e. The molecule has 17 heavy (non-hydrogen) atoms. The molecule has 86 valence electrons. The van der Waals surface area contributed by atoms with Crippen molar-refractivity contribution in [2.45, 2.75) is 25.7 Å². The topological polar surface area (TPSA) is 12.0 Å². The van der Waals surface area contributed by atoms with Gasteiger partial charge in [0, 0.05) is 11.1 Å². The molecule has 2 heteroatoms. The molecule has 0 amide bonds. The van der Waals surface area contributed by atoms with Crippen molar-refractivity contribution in [3.05, 3.63) is 41.5 Å². The lowest BCUT2D eigenvalue weighted by atomic mass is 9.96. The molecule has 0 atom stereocenters. The first kappa shape index (κ1) is 10.7. The van der Waals surface area contributed by atoms with Crippen LogP contribution < -0.4 is 5.32 Å². The molecule has 3 rings (SSSR count). The summed E-state index contributed by atoms with van der Waals surface area (Å²) in [6.45, 7) is 2.15. The number of nitrogens with one attached hydrogen (secondary N) is 1. The van der Waals surface area contributed by atoms with Gasteiger partial charge in [-0.25, -0.2) is 0 Å². The monoisotopic (exact) mass is 241 g/mol. The Morgan fingerprint density at radius 2 is 1.94 bits per heavy atom. The molecule has 0 bridgehead atoms. The fourth-order valence-corrected chi connectivity index (χ4v) is 2.65. The first-order valence-corrected chi connectivity index (χ1v) is 6.51. The van der Waals surface area contributed by atoms with Gasteiger partial charge >= 0.3 is 0 Å². The van der Waals surface area contributed by atoms with Crippen LogP contribution in [0.1, 0.15) is 29.9 Å². The van der Waals surface area contributed by atoms with E-state index in [1.807, 2.05) is 0 Å². The molecule has 0 radical (unpaired) electrons. The van der Waals surface area contributed by atoms with E-state index in [1.54, 1.807) is 5.49 Å². The third-order valence-electron chi connectivity index (χ3n) is 3.49. The Morgan fingerprint density at radius 3 is 2.59 bits per heavy atom. The van der Waals surface area contributed by atoms with Gasteiger partial charge in [0.05, 0.1) is 5.49 Å². The number of thiocarbonyl (C=S) groups is 1. The van der Waals surface area contributed by atoms with Crippen LogP contribution in [0.25, 0.3) is 10.8 Å². The van der Waals surface area contributed by atoms with E-state index < -0.39 is 0 Å². The Balaban J connectivity index is 2.31. The van der Waals surface area contributed by atoms with E-state index in [0.29, 0.717) is 0 Å². The summed E-state index contributed by atoms with van der Waals surface area (Å²) in [6, 6.07) is 10.9. The minimum atomic E-state index is 0.778. The molecule has 0 heterocycles. The molecule has 1 aliphatic carbocycles. The van der Waals surface area contributed by atoms with Crippen molar-refractivity contribution in [1.29, 1.82) is 0 Å². The maximum atomic E-state index is 4.92. The molecule has 0 spiro atoms. The largest absolute Gasteiger partial charge is 0.352 e. The predicted octanol–water partition coefficient (Wildman–Crippen LogP) is 4.39. The fourth-order valence-electron chi connectivity index (χ4n) is 2.53. The molecule has 0 saturated heterocycles. The van der Waals surface area contributed by atoms with Gasteiger partial charge in [-0.15, -0.1) is 0 Å². The van der Waals surface area contributed by atoms with Crippen molar-refractivity contribution < 1.29 is 0 Å². The van der Waals surface area contributed by atoms with Crippen LogP contribution in [0.4, 0.5) is 5.69 Å². The van der Waals surface area contributed by atoms with Crippen LogP contribution in [-0.4, -0.2) is 5.49 Å². The summed E-state index contributed by atoms with van der Waals surface area (Å²) in [4.78, 5) is 0. The molecule has 1 nitrogen and oxygen atoms in total. The van der Waals surface area contributed by atoms with E-state index in [2.05, 4.69) is 42.6 Å². The van der Waals surface area contributed by atoms with Crippen LogP contribution in [0.5, 0.6) is 0 Å². The molecule has 0 aromatic heterocycles. The van der Waals surface area contributed by atoms with Gasteiger partial charge in [0.15, 0.2) is 0 Å². The van der Waals surface area contributed by atoms with Crippen LogP contribution >= 0.6 is 12.2 Å². The number of rotatable bonds is 3. The highest BCUT2D eigenvalue weighted by molar-refractivity contribution is 7.79. The number of hydrogen-bond donors (Lipinski definition) is 1. The second kappa shape index (κ2) is 4.11. The van der Waals surface area contributed by atoms with Crippen LogP contribution in [0, 0.1) is 6.92 Å². The SMILES string of the molecule is Cc1cc(C2CC2)c2ccccc2c1NC=S. The van der Waals surface area contributed by atoms with E-state index in [4.69, 9.17) is 12.2 Å². The first-order chi connectivity index (χ1) is 8.31. The molecule has 2 aromatic rings. The normalized spacial score (nSPS) is 14.9. The smallest absolute Gasteiger partial charge is 0.0659 e. The summed E-state index contributed by atoms with van der Waals surface area (Å²) in [5, 5.41) is 5.86. The molecule has 1 fully saturated rings. The van der Waals surface area contributed by atoms with Gasteiger partial charge in [0.25, 0.3) is 0 Å². The Labute approximate surface area is 107 Å². The summed E-state index contributed by atoms with van der Waals surface area (Å²) >= 11 is 4.92. The summed E-state index contributed by atoms with van der Waals surface area (Å²) in [5.41, 5.74) is 5.53. The number of fused-ring (bicyclic) bond motifs is 1. The molecular weight excluding hydrogens is 226 g/mol. The quantitative estimate of drug-likeness (QED) is 0.800. The average molecular weight is 241 g/mol. The van der Waals surface area contributed by atoms with Crippen LogP contribution in [0.2, 0.25) is 0 Å². The van der Waals surface area contributed by atoms with Gasteiger partial charge in [-0.1, -0.05) is 42.5 Å². The second-order valence-electron chi connectivity index (χ2n) is 4.74. The lowest BCUT2D eigenvalue weighted by Crippen LogP contribution is -1.98.